The van der Waals surface area contributed by atoms with Crippen molar-refractivity contribution in [2.45, 2.75) is 105 Å². The van der Waals surface area contributed by atoms with Gasteiger partial charge in [0.25, 0.3) is 0 Å². The number of nitriles is 1. The first-order valence-electron chi connectivity index (χ1n) is 26.2. The van der Waals surface area contributed by atoms with Gasteiger partial charge in [-0.15, -0.1) is 0 Å². The minimum absolute atomic E-state index is 0.0860. The molecule has 0 amide bonds. The standard InChI is InChI=1S/C68H62N6O/c1-65(2,3)42-26-30-53-48(34-42)49-35-43(66(4,5)6)27-31-54(49)73(53)57-38-58-59(52(39-69)60(57)74-55-32-28-44(67(7,8)9)36-50(55)51-37-45(68(10,11)12)29-33-56(51)74)46-24-19-25-47(61(46)75-58)64-71-62(40-20-15-13-16-21-40)70-63(72-64)41-22-17-14-18-23-41/h13-38H,1-12H3. The summed E-state index contributed by atoms with van der Waals surface area (Å²) in [6.45, 7) is 27.3. The van der Waals surface area contributed by atoms with Crippen LogP contribution in [-0.2, 0) is 21.7 Å². The predicted octanol–water partition coefficient (Wildman–Crippen LogP) is 18.0. The van der Waals surface area contributed by atoms with Gasteiger partial charge in [-0.1, -0.05) is 180 Å². The largest absolute Gasteiger partial charge is 0.455 e. The Morgan fingerprint density at radius 1 is 0.413 bits per heavy atom. The molecule has 0 unspecified atom stereocenters. The van der Waals surface area contributed by atoms with Crippen LogP contribution >= 0.6 is 0 Å². The molecule has 0 aliphatic carbocycles. The maximum Gasteiger partial charge on any atom is 0.167 e. The summed E-state index contributed by atoms with van der Waals surface area (Å²) < 4.78 is 12.0. The highest BCUT2D eigenvalue weighted by atomic mass is 16.3. The number of aromatic nitrogens is 5. The summed E-state index contributed by atoms with van der Waals surface area (Å²) in [6.07, 6.45) is 0. The maximum absolute atomic E-state index is 12.1. The van der Waals surface area contributed by atoms with E-state index in [2.05, 4.69) is 183 Å². The molecule has 0 fully saturated rings. The number of hydrogen-bond acceptors (Lipinski definition) is 5. The van der Waals surface area contributed by atoms with Crippen LogP contribution in [0.4, 0.5) is 0 Å². The Bertz CT molecular complexity index is 4120. The molecule has 0 aliphatic heterocycles. The highest BCUT2D eigenvalue weighted by molar-refractivity contribution is 6.17. The minimum Gasteiger partial charge on any atom is -0.455 e. The van der Waals surface area contributed by atoms with E-state index < -0.39 is 0 Å². The van der Waals surface area contributed by atoms with Crippen molar-refractivity contribution in [3.05, 3.63) is 186 Å². The van der Waals surface area contributed by atoms with E-state index >= 15 is 0 Å². The Morgan fingerprint density at radius 2 is 0.813 bits per heavy atom. The lowest BCUT2D eigenvalue weighted by Crippen LogP contribution is -2.11. The summed E-state index contributed by atoms with van der Waals surface area (Å²) >= 11 is 0. The molecular formula is C68H62N6O. The third kappa shape index (κ3) is 7.89. The molecule has 0 saturated heterocycles. The highest BCUT2D eigenvalue weighted by Gasteiger charge is 2.30. The van der Waals surface area contributed by atoms with Gasteiger partial charge in [0.1, 0.15) is 17.2 Å². The fourth-order valence-corrected chi connectivity index (χ4v) is 11.0. The Hall–Kier alpha value is -8.34. The maximum atomic E-state index is 12.1. The topological polar surface area (TPSA) is 85.5 Å². The summed E-state index contributed by atoms with van der Waals surface area (Å²) in [5.41, 5.74) is 14.5. The summed E-state index contributed by atoms with van der Waals surface area (Å²) in [7, 11) is 0. The first kappa shape index (κ1) is 47.7. The number of benzene rings is 8. The molecule has 0 aliphatic rings. The number of furan rings is 1. The van der Waals surface area contributed by atoms with Crippen LogP contribution in [-0.4, -0.2) is 24.1 Å². The first-order chi connectivity index (χ1) is 35.7. The highest BCUT2D eigenvalue weighted by Crippen LogP contribution is 2.47. The van der Waals surface area contributed by atoms with E-state index in [9.17, 15) is 5.26 Å². The lowest BCUT2D eigenvalue weighted by molar-refractivity contribution is 0.590. The van der Waals surface area contributed by atoms with Crippen molar-refractivity contribution in [1.82, 2.24) is 24.1 Å². The Balaban J connectivity index is 1.25. The van der Waals surface area contributed by atoms with E-state index in [1.165, 1.54) is 22.3 Å². The molecular weight excluding hydrogens is 917 g/mol. The van der Waals surface area contributed by atoms with Crippen molar-refractivity contribution < 1.29 is 4.42 Å². The normalized spacial score (nSPS) is 12.8. The van der Waals surface area contributed by atoms with Gasteiger partial charge in [0.15, 0.2) is 17.5 Å². The van der Waals surface area contributed by atoms with Crippen LogP contribution < -0.4 is 0 Å². The Morgan fingerprint density at radius 3 is 1.21 bits per heavy atom. The molecule has 0 atom stereocenters. The summed E-state index contributed by atoms with van der Waals surface area (Å²) in [5, 5.41) is 18.2. The zero-order valence-electron chi connectivity index (χ0n) is 45.1. The number of nitrogens with zero attached hydrogens (tertiary/aromatic N) is 6. The van der Waals surface area contributed by atoms with Gasteiger partial charge in [0.05, 0.1) is 44.6 Å². The molecule has 0 spiro atoms. The molecule has 0 N–H and O–H groups in total. The second-order valence-electron chi connectivity index (χ2n) is 24.5. The molecule has 4 aromatic heterocycles. The molecule has 12 aromatic rings. The Kier molecular flexibility index (Phi) is 10.7. The minimum atomic E-state index is -0.0947. The molecule has 7 nitrogen and oxygen atoms in total. The average molecular weight is 979 g/mol. The smallest absolute Gasteiger partial charge is 0.167 e. The van der Waals surface area contributed by atoms with E-state index in [0.717, 1.165) is 76.9 Å². The Labute approximate surface area is 439 Å². The summed E-state index contributed by atoms with van der Waals surface area (Å²) in [6, 6.07) is 58.8. The lowest BCUT2D eigenvalue weighted by atomic mass is 9.85. The molecule has 75 heavy (non-hydrogen) atoms. The fourth-order valence-electron chi connectivity index (χ4n) is 11.0. The van der Waals surface area contributed by atoms with E-state index in [4.69, 9.17) is 19.4 Å². The number of para-hydroxylation sites is 1. The van der Waals surface area contributed by atoms with Crippen molar-refractivity contribution in [2.24, 2.45) is 0 Å². The van der Waals surface area contributed by atoms with Crippen LogP contribution in [0.15, 0.2) is 162 Å². The summed E-state index contributed by atoms with van der Waals surface area (Å²) in [5.74, 6) is 1.59. The van der Waals surface area contributed by atoms with Crippen LogP contribution in [0, 0.1) is 11.3 Å². The number of fused-ring (bicyclic) bond motifs is 9. The van der Waals surface area contributed by atoms with E-state index in [1.54, 1.807) is 0 Å². The second kappa shape index (κ2) is 16.8. The lowest BCUT2D eigenvalue weighted by Gasteiger charge is -2.21. The summed E-state index contributed by atoms with van der Waals surface area (Å²) in [4.78, 5) is 15.3. The van der Waals surface area contributed by atoms with Crippen LogP contribution in [0.5, 0.6) is 0 Å². The number of hydrogen-bond donors (Lipinski definition) is 0. The van der Waals surface area contributed by atoms with E-state index in [0.29, 0.717) is 39.8 Å². The van der Waals surface area contributed by atoms with Crippen molar-refractivity contribution in [3.8, 4) is 51.6 Å². The van der Waals surface area contributed by atoms with Crippen LogP contribution in [0.1, 0.15) is 111 Å². The monoisotopic (exact) mass is 978 g/mol. The molecule has 0 saturated carbocycles. The van der Waals surface area contributed by atoms with E-state index in [1.807, 2.05) is 72.8 Å². The molecule has 370 valence electrons. The van der Waals surface area contributed by atoms with Gasteiger partial charge in [0.2, 0.25) is 0 Å². The molecule has 0 radical (unpaired) electrons. The average Bonchev–Trinajstić information content (AvgIpc) is 4.08. The zero-order chi connectivity index (χ0) is 52.5. The van der Waals surface area contributed by atoms with E-state index in [-0.39, 0.29) is 21.7 Å². The van der Waals surface area contributed by atoms with Crippen molar-refractivity contribution in [1.29, 1.82) is 5.26 Å². The fraction of sp³-hybridized carbons (Fsp3) is 0.235. The van der Waals surface area contributed by atoms with Crippen molar-refractivity contribution >= 4 is 65.6 Å². The van der Waals surface area contributed by atoms with Gasteiger partial charge in [-0.3, -0.25) is 0 Å². The van der Waals surface area contributed by atoms with Gasteiger partial charge in [-0.25, -0.2) is 15.0 Å². The SMILES string of the molecule is CC(C)(C)c1ccc2c(c1)c1cc(C(C)(C)C)ccc1n2-c1cc2oc3c(-c4nc(-c5ccccc5)nc(-c5ccccc5)n4)cccc3c2c(C#N)c1-n1c2ccc(C(C)(C)C)cc2c2cc(C(C)(C)C)ccc21. The molecule has 0 bridgehead atoms. The molecule has 12 rings (SSSR count). The van der Waals surface area contributed by atoms with Crippen molar-refractivity contribution in [2.75, 3.05) is 0 Å². The zero-order valence-corrected chi connectivity index (χ0v) is 45.1. The van der Waals surface area contributed by atoms with Crippen molar-refractivity contribution in [3.63, 3.8) is 0 Å². The van der Waals surface area contributed by atoms with Gasteiger partial charge >= 0.3 is 0 Å². The second-order valence-corrected chi connectivity index (χ2v) is 24.5. The van der Waals surface area contributed by atoms with Gasteiger partial charge in [-0.05, 0) is 98.5 Å². The predicted molar refractivity (Wildman–Crippen MR) is 312 cm³/mol. The first-order valence-corrected chi connectivity index (χ1v) is 26.2. The third-order valence-electron chi connectivity index (χ3n) is 15.3. The van der Waals surface area contributed by atoms with Crippen LogP contribution in [0.3, 0.4) is 0 Å². The van der Waals surface area contributed by atoms with Crippen LogP contribution in [0.25, 0.3) is 111 Å². The molecule has 8 aromatic carbocycles. The van der Waals surface area contributed by atoms with Gasteiger partial charge in [0, 0.05) is 49.5 Å². The van der Waals surface area contributed by atoms with Gasteiger partial charge in [-0.2, -0.15) is 5.26 Å². The molecule has 7 heteroatoms. The van der Waals surface area contributed by atoms with Gasteiger partial charge < -0.3 is 13.6 Å². The molecule has 4 heterocycles. The van der Waals surface area contributed by atoms with Crippen LogP contribution in [0.2, 0.25) is 0 Å². The quantitative estimate of drug-likeness (QED) is 0.171. The third-order valence-corrected chi connectivity index (χ3v) is 15.3. The number of rotatable bonds is 5.